The molecule has 0 radical (unpaired) electrons. The largest absolute Gasteiger partial charge is 0.321 e. The van der Waals surface area contributed by atoms with E-state index in [0.29, 0.717) is 6.54 Å². The van der Waals surface area contributed by atoms with Gasteiger partial charge in [0, 0.05) is 6.54 Å². The van der Waals surface area contributed by atoms with Gasteiger partial charge in [0.15, 0.2) is 0 Å². The van der Waals surface area contributed by atoms with Crippen LogP contribution in [0.25, 0.3) is 0 Å². The molecule has 5 heteroatoms. The zero-order chi connectivity index (χ0) is 12.3. The van der Waals surface area contributed by atoms with Crippen LogP contribution in [0.15, 0.2) is 18.2 Å². The van der Waals surface area contributed by atoms with Gasteiger partial charge in [-0.15, -0.1) is 0 Å². The summed E-state index contributed by atoms with van der Waals surface area (Å²) < 4.78 is 26.6. The first-order valence-electron chi connectivity index (χ1n) is 5.64. The summed E-state index contributed by atoms with van der Waals surface area (Å²) in [6.07, 6.45) is 1.65. The lowest BCUT2D eigenvalue weighted by molar-refractivity contribution is -0.120. The first-order valence-corrected chi connectivity index (χ1v) is 5.64. The van der Waals surface area contributed by atoms with E-state index < -0.39 is 11.6 Å². The highest BCUT2D eigenvalue weighted by atomic mass is 19.1. The van der Waals surface area contributed by atoms with Crippen molar-refractivity contribution >= 4 is 11.6 Å². The minimum Gasteiger partial charge on any atom is -0.321 e. The van der Waals surface area contributed by atoms with E-state index >= 15 is 0 Å². The number of anilines is 1. The third-order valence-electron chi connectivity index (χ3n) is 2.88. The van der Waals surface area contributed by atoms with E-state index in [-0.39, 0.29) is 17.5 Å². The van der Waals surface area contributed by atoms with Gasteiger partial charge in [-0.2, -0.15) is 0 Å². The number of benzene rings is 1. The van der Waals surface area contributed by atoms with Crippen LogP contribution in [0.5, 0.6) is 0 Å². The molecule has 1 unspecified atom stereocenters. The predicted octanol–water partition coefficient (Wildman–Crippen LogP) is 1.90. The summed E-state index contributed by atoms with van der Waals surface area (Å²) >= 11 is 0. The van der Waals surface area contributed by atoms with E-state index in [1.807, 2.05) is 0 Å². The van der Waals surface area contributed by atoms with E-state index in [2.05, 4.69) is 10.6 Å². The maximum Gasteiger partial charge on any atom is 0.228 e. The Balaban J connectivity index is 2.07. The monoisotopic (exact) mass is 240 g/mol. The maximum atomic E-state index is 13.3. The van der Waals surface area contributed by atoms with Gasteiger partial charge in [-0.1, -0.05) is 6.07 Å². The number of hydrogen-bond donors (Lipinski definition) is 2. The van der Waals surface area contributed by atoms with Crippen molar-refractivity contribution in [3.05, 3.63) is 29.8 Å². The fourth-order valence-corrected chi connectivity index (χ4v) is 1.92. The zero-order valence-electron chi connectivity index (χ0n) is 9.30. The summed E-state index contributed by atoms with van der Waals surface area (Å²) in [4.78, 5) is 11.8. The zero-order valence-corrected chi connectivity index (χ0v) is 9.30. The first-order chi connectivity index (χ1) is 8.18. The molecule has 1 atom stereocenters. The number of hydrogen-bond acceptors (Lipinski definition) is 2. The van der Waals surface area contributed by atoms with Gasteiger partial charge in [0.2, 0.25) is 5.91 Å². The lowest BCUT2D eigenvalue weighted by Gasteiger charge is -2.22. The first kappa shape index (κ1) is 12.0. The summed E-state index contributed by atoms with van der Waals surface area (Å²) in [5.41, 5.74) is -0.358. The van der Waals surface area contributed by atoms with E-state index in [9.17, 15) is 13.6 Å². The van der Waals surface area contributed by atoms with Crippen molar-refractivity contribution in [1.82, 2.24) is 5.32 Å². The van der Waals surface area contributed by atoms with Crippen LogP contribution in [0, 0.1) is 17.6 Å². The van der Waals surface area contributed by atoms with Crippen molar-refractivity contribution < 1.29 is 13.6 Å². The Labute approximate surface area is 98.2 Å². The van der Waals surface area contributed by atoms with Crippen LogP contribution in [-0.4, -0.2) is 19.0 Å². The third kappa shape index (κ3) is 2.79. The molecule has 2 rings (SSSR count). The van der Waals surface area contributed by atoms with Crippen LogP contribution < -0.4 is 10.6 Å². The van der Waals surface area contributed by atoms with E-state index in [4.69, 9.17) is 0 Å². The highest BCUT2D eigenvalue weighted by molar-refractivity contribution is 5.93. The molecule has 0 bridgehead atoms. The summed E-state index contributed by atoms with van der Waals surface area (Å²) in [5, 5.41) is 5.40. The molecular formula is C12H14F2N2O. The molecule has 0 aliphatic carbocycles. The molecule has 17 heavy (non-hydrogen) atoms. The Morgan fingerprint density at radius 1 is 1.35 bits per heavy atom. The van der Waals surface area contributed by atoms with Crippen molar-refractivity contribution in [3.63, 3.8) is 0 Å². The second kappa shape index (κ2) is 5.23. The van der Waals surface area contributed by atoms with Gasteiger partial charge in [-0.05, 0) is 31.5 Å². The fraction of sp³-hybridized carbons (Fsp3) is 0.417. The van der Waals surface area contributed by atoms with Crippen molar-refractivity contribution in [2.24, 2.45) is 5.92 Å². The normalized spacial score (nSPS) is 20.0. The number of piperidine rings is 1. The number of carbonyl (C=O) groups excluding carboxylic acids is 1. The smallest absolute Gasteiger partial charge is 0.228 e. The molecule has 0 aromatic heterocycles. The number of halogens is 2. The Morgan fingerprint density at radius 2 is 2.06 bits per heavy atom. The second-order valence-corrected chi connectivity index (χ2v) is 4.13. The van der Waals surface area contributed by atoms with E-state index in [0.717, 1.165) is 31.5 Å². The number of para-hydroxylation sites is 1. The average Bonchev–Trinajstić information content (AvgIpc) is 2.35. The summed E-state index contributed by atoms with van der Waals surface area (Å²) in [6.45, 7) is 1.44. The summed E-state index contributed by atoms with van der Waals surface area (Å²) in [5.74, 6) is -2.05. The SMILES string of the molecule is O=C(Nc1c(F)cccc1F)C1CCCNC1. The van der Waals surface area contributed by atoms with Gasteiger partial charge in [0.25, 0.3) is 0 Å². The number of carbonyl (C=O) groups is 1. The van der Waals surface area contributed by atoms with E-state index in [1.165, 1.54) is 6.07 Å². The van der Waals surface area contributed by atoms with Gasteiger partial charge < -0.3 is 10.6 Å². The van der Waals surface area contributed by atoms with Gasteiger partial charge in [0.05, 0.1) is 5.92 Å². The van der Waals surface area contributed by atoms with Crippen molar-refractivity contribution in [2.45, 2.75) is 12.8 Å². The number of nitrogens with one attached hydrogen (secondary N) is 2. The lowest BCUT2D eigenvalue weighted by atomic mass is 9.99. The molecule has 1 aliphatic rings. The molecule has 2 N–H and O–H groups in total. The van der Waals surface area contributed by atoms with Crippen LogP contribution >= 0.6 is 0 Å². The van der Waals surface area contributed by atoms with Crippen LogP contribution in [0.1, 0.15) is 12.8 Å². The predicted molar refractivity (Wildman–Crippen MR) is 60.6 cm³/mol. The van der Waals surface area contributed by atoms with Crippen molar-refractivity contribution in [3.8, 4) is 0 Å². The minimum absolute atomic E-state index is 0.220. The number of rotatable bonds is 2. The van der Waals surface area contributed by atoms with Crippen molar-refractivity contribution in [2.75, 3.05) is 18.4 Å². The molecule has 1 aromatic rings. The van der Waals surface area contributed by atoms with Crippen LogP contribution in [0.2, 0.25) is 0 Å². The highest BCUT2D eigenvalue weighted by Crippen LogP contribution is 2.20. The Morgan fingerprint density at radius 3 is 2.65 bits per heavy atom. The van der Waals surface area contributed by atoms with Crippen LogP contribution in [0.3, 0.4) is 0 Å². The molecular weight excluding hydrogens is 226 g/mol. The third-order valence-corrected chi connectivity index (χ3v) is 2.88. The molecule has 1 saturated heterocycles. The molecule has 3 nitrogen and oxygen atoms in total. The molecule has 92 valence electrons. The Bertz CT molecular complexity index is 397. The van der Waals surface area contributed by atoms with E-state index in [1.54, 1.807) is 0 Å². The average molecular weight is 240 g/mol. The van der Waals surface area contributed by atoms with Gasteiger partial charge >= 0.3 is 0 Å². The standard InChI is InChI=1S/C12H14F2N2O/c13-9-4-1-5-10(14)11(9)16-12(17)8-3-2-6-15-7-8/h1,4-5,8,15H,2-3,6-7H2,(H,16,17). The molecule has 0 spiro atoms. The van der Waals surface area contributed by atoms with Gasteiger partial charge in [0.1, 0.15) is 17.3 Å². The molecule has 1 aliphatic heterocycles. The number of amides is 1. The quantitative estimate of drug-likeness (QED) is 0.829. The van der Waals surface area contributed by atoms with Crippen molar-refractivity contribution in [1.29, 1.82) is 0 Å². The second-order valence-electron chi connectivity index (χ2n) is 4.13. The molecule has 1 heterocycles. The van der Waals surface area contributed by atoms with Gasteiger partial charge in [-0.3, -0.25) is 4.79 Å². The highest BCUT2D eigenvalue weighted by Gasteiger charge is 2.22. The summed E-state index contributed by atoms with van der Waals surface area (Å²) in [6, 6.07) is 3.51. The van der Waals surface area contributed by atoms with Crippen LogP contribution in [0.4, 0.5) is 14.5 Å². The molecule has 1 fully saturated rings. The lowest BCUT2D eigenvalue weighted by Crippen LogP contribution is -2.37. The molecule has 1 amide bonds. The van der Waals surface area contributed by atoms with Gasteiger partial charge in [-0.25, -0.2) is 8.78 Å². The summed E-state index contributed by atoms with van der Waals surface area (Å²) in [7, 11) is 0. The fourth-order valence-electron chi connectivity index (χ4n) is 1.92. The topological polar surface area (TPSA) is 41.1 Å². The molecule has 0 saturated carbocycles. The Hall–Kier alpha value is -1.49. The van der Waals surface area contributed by atoms with Crippen LogP contribution in [-0.2, 0) is 4.79 Å². The minimum atomic E-state index is -0.748. The molecule has 1 aromatic carbocycles. The Kier molecular flexibility index (Phi) is 3.68. The maximum absolute atomic E-state index is 13.3.